The van der Waals surface area contributed by atoms with Gasteiger partial charge in [-0.25, -0.2) is 9.36 Å². The second kappa shape index (κ2) is 6.79. The van der Waals surface area contributed by atoms with Crippen molar-refractivity contribution in [1.29, 1.82) is 0 Å². The largest absolute Gasteiger partial charge is 0.354 e. The van der Waals surface area contributed by atoms with Crippen molar-refractivity contribution < 1.29 is 4.52 Å². The number of nitrogens with zero attached hydrogens (tertiary/aromatic N) is 4. The van der Waals surface area contributed by atoms with Crippen molar-refractivity contribution in [1.82, 2.24) is 24.5 Å². The topological polar surface area (TPSA) is 87.4 Å². The van der Waals surface area contributed by atoms with E-state index in [2.05, 4.69) is 40.8 Å². The summed E-state index contributed by atoms with van der Waals surface area (Å²) in [6, 6.07) is 8.18. The van der Waals surface area contributed by atoms with Crippen LogP contribution < -0.4 is 11.2 Å². The third-order valence-electron chi connectivity index (χ3n) is 5.38. The number of likely N-dealkylation sites (N-methyl/N-ethyl adjacent to an activating group) is 1. The quantitative estimate of drug-likeness (QED) is 0.746. The molecule has 0 radical (unpaired) electrons. The fraction of sp³-hybridized carbons (Fsp3) is 0.421. The van der Waals surface area contributed by atoms with Gasteiger partial charge in [0.05, 0.1) is 5.39 Å². The number of aromatic amines is 1. The summed E-state index contributed by atoms with van der Waals surface area (Å²) in [6.45, 7) is 7.34. The van der Waals surface area contributed by atoms with Crippen molar-refractivity contribution in [2.45, 2.75) is 32.5 Å². The van der Waals surface area contributed by atoms with Gasteiger partial charge in [-0.15, -0.1) is 0 Å². The van der Waals surface area contributed by atoms with Crippen LogP contribution in [-0.2, 0) is 6.54 Å². The van der Waals surface area contributed by atoms with Crippen LogP contribution in [0.1, 0.15) is 19.4 Å². The lowest BCUT2D eigenvalue weighted by molar-refractivity contribution is 0.0546. The Morgan fingerprint density at radius 2 is 2.00 bits per heavy atom. The SMILES string of the molecule is C[C@H]1CN(Cc2ccc3onc(-n4ccc(=O)[nH]c4=O)c3c2)[C@@H](C)CN1C. The second-order valence-electron chi connectivity index (χ2n) is 7.38. The van der Waals surface area contributed by atoms with E-state index in [1.165, 1.54) is 16.8 Å². The number of piperazine rings is 1. The van der Waals surface area contributed by atoms with E-state index in [4.69, 9.17) is 4.52 Å². The highest BCUT2D eigenvalue weighted by Crippen LogP contribution is 2.24. The average molecular weight is 369 g/mol. The van der Waals surface area contributed by atoms with E-state index < -0.39 is 11.2 Å². The molecule has 27 heavy (non-hydrogen) atoms. The van der Waals surface area contributed by atoms with Crippen molar-refractivity contribution in [2.24, 2.45) is 0 Å². The van der Waals surface area contributed by atoms with Crippen LogP contribution in [0.25, 0.3) is 16.8 Å². The Labute approximate surface area is 156 Å². The summed E-state index contributed by atoms with van der Waals surface area (Å²) < 4.78 is 6.65. The average Bonchev–Trinajstić information content (AvgIpc) is 3.03. The summed E-state index contributed by atoms with van der Waals surface area (Å²) in [5.74, 6) is 0.382. The maximum atomic E-state index is 12.1. The van der Waals surface area contributed by atoms with Gasteiger partial charge in [-0.05, 0) is 38.6 Å². The third kappa shape index (κ3) is 3.33. The number of benzene rings is 1. The molecule has 1 aliphatic heterocycles. The lowest BCUT2D eigenvalue weighted by Crippen LogP contribution is -2.54. The minimum absolute atomic E-state index is 0.382. The molecule has 1 N–H and O–H groups in total. The maximum absolute atomic E-state index is 12.1. The lowest BCUT2D eigenvalue weighted by atomic mass is 10.1. The van der Waals surface area contributed by atoms with Gasteiger partial charge in [-0.3, -0.25) is 14.7 Å². The molecule has 1 saturated heterocycles. The predicted octanol–water partition coefficient (Wildman–Crippen LogP) is 1.19. The molecule has 0 aliphatic carbocycles. The molecule has 3 aromatic rings. The van der Waals surface area contributed by atoms with E-state index in [1.54, 1.807) is 0 Å². The molecule has 0 bridgehead atoms. The smallest absolute Gasteiger partial charge is 0.334 e. The molecule has 0 spiro atoms. The van der Waals surface area contributed by atoms with Crippen LogP contribution in [0.2, 0.25) is 0 Å². The highest BCUT2D eigenvalue weighted by molar-refractivity contribution is 5.84. The van der Waals surface area contributed by atoms with Crippen LogP contribution >= 0.6 is 0 Å². The van der Waals surface area contributed by atoms with E-state index >= 15 is 0 Å². The zero-order chi connectivity index (χ0) is 19.1. The monoisotopic (exact) mass is 369 g/mol. The van der Waals surface area contributed by atoms with Gasteiger partial charge in [0.2, 0.25) is 0 Å². The van der Waals surface area contributed by atoms with Crippen molar-refractivity contribution in [2.75, 3.05) is 20.1 Å². The normalized spacial score (nSPS) is 21.7. The molecule has 2 aromatic heterocycles. The molecule has 1 aliphatic rings. The summed E-state index contributed by atoms with van der Waals surface area (Å²) in [7, 11) is 2.16. The summed E-state index contributed by atoms with van der Waals surface area (Å²) in [4.78, 5) is 30.5. The molecular formula is C19H23N5O3. The fourth-order valence-electron chi connectivity index (χ4n) is 3.65. The van der Waals surface area contributed by atoms with Crippen LogP contribution in [0.4, 0.5) is 0 Å². The zero-order valence-corrected chi connectivity index (χ0v) is 15.7. The van der Waals surface area contributed by atoms with Gasteiger partial charge in [-0.2, -0.15) is 0 Å². The number of H-pyrrole nitrogens is 1. The summed E-state index contributed by atoms with van der Waals surface area (Å²) in [6.07, 6.45) is 1.41. The Kier molecular flexibility index (Phi) is 4.45. The van der Waals surface area contributed by atoms with E-state index in [1.807, 2.05) is 18.2 Å². The van der Waals surface area contributed by atoms with Crippen molar-refractivity contribution in [3.63, 3.8) is 0 Å². The molecular weight excluding hydrogens is 346 g/mol. The Balaban J connectivity index is 1.68. The minimum Gasteiger partial charge on any atom is -0.354 e. The number of rotatable bonds is 3. The van der Waals surface area contributed by atoms with Crippen molar-refractivity contribution in [3.05, 3.63) is 56.9 Å². The van der Waals surface area contributed by atoms with Gasteiger partial charge in [0, 0.05) is 44.0 Å². The maximum Gasteiger partial charge on any atom is 0.334 e. The first-order chi connectivity index (χ1) is 12.9. The molecule has 4 rings (SSSR count). The van der Waals surface area contributed by atoms with E-state index in [0.29, 0.717) is 23.5 Å². The number of aromatic nitrogens is 3. The molecule has 0 saturated carbocycles. The molecule has 142 valence electrons. The zero-order valence-electron chi connectivity index (χ0n) is 15.7. The standard InChI is InChI=1S/C19H23N5O3/c1-12-10-23(13(2)9-22(12)3)11-14-4-5-16-15(8-14)18(21-27-16)24-7-6-17(25)20-19(24)26/h4-8,12-13H,9-11H2,1-3H3,(H,20,25,26)/t12-,13-/m0/s1. The Morgan fingerprint density at radius 1 is 1.19 bits per heavy atom. The van der Waals surface area contributed by atoms with Gasteiger partial charge in [0.15, 0.2) is 11.4 Å². The molecule has 8 nitrogen and oxygen atoms in total. The molecule has 1 fully saturated rings. The first-order valence-corrected chi connectivity index (χ1v) is 9.07. The summed E-state index contributed by atoms with van der Waals surface area (Å²) in [5, 5.41) is 4.77. The number of hydrogen-bond donors (Lipinski definition) is 1. The minimum atomic E-state index is -0.537. The highest BCUT2D eigenvalue weighted by Gasteiger charge is 2.26. The van der Waals surface area contributed by atoms with Crippen molar-refractivity contribution in [3.8, 4) is 5.82 Å². The molecule has 8 heteroatoms. The van der Waals surface area contributed by atoms with Gasteiger partial charge < -0.3 is 9.42 Å². The Hall–Kier alpha value is -2.71. The van der Waals surface area contributed by atoms with Gasteiger partial charge in [0.25, 0.3) is 5.56 Å². The lowest BCUT2D eigenvalue weighted by Gasteiger charge is -2.42. The third-order valence-corrected chi connectivity index (χ3v) is 5.38. The first-order valence-electron chi connectivity index (χ1n) is 9.07. The summed E-state index contributed by atoms with van der Waals surface area (Å²) in [5.41, 5.74) is 0.757. The van der Waals surface area contributed by atoms with Crippen LogP contribution in [-0.4, -0.2) is 56.7 Å². The van der Waals surface area contributed by atoms with Crippen molar-refractivity contribution >= 4 is 11.0 Å². The van der Waals surface area contributed by atoms with E-state index in [0.717, 1.165) is 30.6 Å². The highest BCUT2D eigenvalue weighted by atomic mass is 16.5. The molecule has 2 atom stereocenters. The van der Waals surface area contributed by atoms with Gasteiger partial charge in [0.1, 0.15) is 0 Å². The van der Waals surface area contributed by atoms with E-state index in [-0.39, 0.29) is 0 Å². The molecule has 1 aromatic carbocycles. The Morgan fingerprint density at radius 3 is 2.78 bits per heavy atom. The van der Waals surface area contributed by atoms with Gasteiger partial charge in [-0.1, -0.05) is 11.2 Å². The van der Waals surface area contributed by atoms with Crippen LogP contribution in [0, 0.1) is 0 Å². The molecule has 0 amide bonds. The summed E-state index contributed by atoms with van der Waals surface area (Å²) >= 11 is 0. The number of hydrogen-bond acceptors (Lipinski definition) is 6. The van der Waals surface area contributed by atoms with Crippen LogP contribution in [0.3, 0.4) is 0 Å². The molecule has 3 heterocycles. The van der Waals surface area contributed by atoms with E-state index in [9.17, 15) is 9.59 Å². The molecule has 0 unspecified atom stereocenters. The predicted molar refractivity (Wildman–Crippen MR) is 102 cm³/mol. The van der Waals surface area contributed by atoms with Gasteiger partial charge >= 0.3 is 5.69 Å². The Bertz CT molecular complexity index is 1080. The fourth-order valence-corrected chi connectivity index (χ4v) is 3.65. The van der Waals surface area contributed by atoms with Crippen LogP contribution in [0.15, 0.2) is 44.6 Å². The first kappa shape index (κ1) is 17.7. The van der Waals surface area contributed by atoms with Crippen LogP contribution in [0.5, 0.6) is 0 Å². The number of fused-ring (bicyclic) bond motifs is 1. The number of nitrogens with one attached hydrogen (secondary N) is 1. The second-order valence-corrected chi connectivity index (χ2v) is 7.38.